The fraction of sp³-hybridized carbons (Fsp3) is 1.00. The van der Waals surface area contributed by atoms with E-state index in [0.717, 1.165) is 25.9 Å². The number of likely N-dealkylation sites (N-methyl/N-ethyl adjacent to an activating group) is 1. The Morgan fingerprint density at radius 3 is 2.20 bits per heavy atom. The van der Waals surface area contributed by atoms with Crippen molar-refractivity contribution in [1.29, 1.82) is 0 Å². The van der Waals surface area contributed by atoms with Gasteiger partial charge in [0, 0.05) is 25.7 Å². The minimum Gasteiger partial charge on any atom is -0.317 e. The Balaban J connectivity index is 4.16. The maximum Gasteiger partial charge on any atom is 0.279 e. The van der Waals surface area contributed by atoms with Crippen molar-refractivity contribution in [3.63, 3.8) is 0 Å². The van der Waals surface area contributed by atoms with Gasteiger partial charge in [0.05, 0.1) is 0 Å². The molecule has 0 heterocycles. The maximum absolute atomic E-state index is 12.1. The third kappa shape index (κ3) is 7.54. The molecule has 0 aliphatic heterocycles. The van der Waals surface area contributed by atoms with E-state index >= 15 is 0 Å². The molecule has 20 heavy (non-hydrogen) atoms. The Morgan fingerprint density at radius 2 is 1.70 bits per heavy atom. The topological polar surface area (TPSA) is 64.7 Å². The average molecular weight is 308 g/mol. The lowest BCUT2D eigenvalue weighted by Crippen LogP contribution is -2.50. The number of rotatable bonds is 11. The highest BCUT2D eigenvalue weighted by Gasteiger charge is 2.25. The normalized spacial score (nSPS) is 13.4. The molecule has 0 atom stereocenters. The van der Waals surface area contributed by atoms with Gasteiger partial charge in [-0.3, -0.25) is 0 Å². The van der Waals surface area contributed by atoms with Crippen molar-refractivity contribution in [3.8, 4) is 0 Å². The molecule has 0 amide bonds. The molecule has 0 fully saturated rings. The molecule has 0 aromatic carbocycles. The summed E-state index contributed by atoms with van der Waals surface area (Å²) >= 11 is 0. The fourth-order valence-corrected chi connectivity index (χ4v) is 2.51. The monoisotopic (exact) mass is 308 g/mol. The van der Waals surface area contributed by atoms with E-state index in [-0.39, 0.29) is 5.54 Å². The average Bonchev–Trinajstić information content (AvgIpc) is 2.36. The van der Waals surface area contributed by atoms with Crippen LogP contribution in [-0.2, 0) is 10.2 Å². The quantitative estimate of drug-likeness (QED) is 0.545. The van der Waals surface area contributed by atoms with Crippen LogP contribution in [-0.4, -0.2) is 70.5 Å². The summed E-state index contributed by atoms with van der Waals surface area (Å²) in [6.07, 6.45) is 1.91. The van der Waals surface area contributed by atoms with Crippen LogP contribution in [0.5, 0.6) is 0 Å². The Morgan fingerprint density at radius 1 is 1.10 bits per heavy atom. The molecule has 0 saturated heterocycles. The molecule has 2 N–H and O–H groups in total. The Kier molecular flexibility index (Phi) is 8.85. The van der Waals surface area contributed by atoms with Crippen molar-refractivity contribution in [1.82, 2.24) is 19.2 Å². The van der Waals surface area contributed by atoms with Crippen LogP contribution in [0.25, 0.3) is 0 Å². The van der Waals surface area contributed by atoms with E-state index in [1.165, 1.54) is 4.31 Å². The van der Waals surface area contributed by atoms with Crippen LogP contribution in [0.15, 0.2) is 0 Å². The van der Waals surface area contributed by atoms with Crippen LogP contribution in [0, 0.1) is 0 Å². The molecular formula is C13H32N4O2S. The van der Waals surface area contributed by atoms with Gasteiger partial charge in [0.1, 0.15) is 0 Å². The predicted octanol–water partition coefficient (Wildman–Crippen LogP) is 0.483. The largest absolute Gasteiger partial charge is 0.317 e. The second kappa shape index (κ2) is 8.94. The first-order chi connectivity index (χ1) is 9.13. The second-order valence-corrected chi connectivity index (χ2v) is 7.82. The summed E-state index contributed by atoms with van der Waals surface area (Å²) in [5.41, 5.74) is -0.212. The van der Waals surface area contributed by atoms with Gasteiger partial charge in [0.25, 0.3) is 10.2 Å². The molecule has 0 saturated carbocycles. The van der Waals surface area contributed by atoms with E-state index in [1.54, 1.807) is 7.05 Å². The number of hydrogen-bond acceptors (Lipinski definition) is 4. The van der Waals surface area contributed by atoms with Crippen molar-refractivity contribution in [2.75, 3.05) is 47.3 Å². The molecule has 7 heteroatoms. The smallest absolute Gasteiger partial charge is 0.279 e. The van der Waals surface area contributed by atoms with E-state index < -0.39 is 10.2 Å². The number of nitrogens with zero attached hydrogens (tertiary/aromatic N) is 2. The molecule has 0 aliphatic rings. The molecule has 0 spiro atoms. The third-order valence-electron chi connectivity index (χ3n) is 3.56. The van der Waals surface area contributed by atoms with E-state index in [0.29, 0.717) is 13.1 Å². The first-order valence-electron chi connectivity index (χ1n) is 7.22. The van der Waals surface area contributed by atoms with Gasteiger partial charge in [0.2, 0.25) is 0 Å². The summed E-state index contributed by atoms with van der Waals surface area (Å²) in [7, 11) is 2.11. The van der Waals surface area contributed by atoms with E-state index in [1.807, 2.05) is 32.8 Å². The maximum atomic E-state index is 12.1. The lowest BCUT2D eigenvalue weighted by atomic mass is 10.1. The molecule has 122 valence electrons. The SMILES string of the molecule is CCCNCCCN(C)S(=O)(=O)NCC(C)(C)N(C)C. The number of hydrogen-bond donors (Lipinski definition) is 2. The second-order valence-electron chi connectivity index (χ2n) is 5.96. The van der Waals surface area contributed by atoms with Crippen LogP contribution in [0.1, 0.15) is 33.6 Å². The standard InChI is InChI=1S/C13H32N4O2S/c1-7-9-14-10-8-11-17(6)20(18,19)15-12-13(2,3)16(4)5/h14-15H,7-12H2,1-6H3. The van der Waals surface area contributed by atoms with E-state index in [9.17, 15) is 8.42 Å². The summed E-state index contributed by atoms with van der Waals surface area (Å²) in [6.45, 7) is 8.85. The van der Waals surface area contributed by atoms with Gasteiger partial charge in [-0.1, -0.05) is 6.92 Å². The lowest BCUT2D eigenvalue weighted by molar-refractivity contribution is 0.198. The van der Waals surface area contributed by atoms with Crippen LogP contribution in [0.3, 0.4) is 0 Å². The minimum atomic E-state index is -3.39. The van der Waals surface area contributed by atoms with Gasteiger partial charge >= 0.3 is 0 Å². The van der Waals surface area contributed by atoms with Crippen molar-refractivity contribution in [3.05, 3.63) is 0 Å². The summed E-state index contributed by atoms with van der Waals surface area (Å²) in [6, 6.07) is 0. The van der Waals surface area contributed by atoms with Crippen molar-refractivity contribution < 1.29 is 8.42 Å². The molecule has 0 aromatic rings. The summed E-state index contributed by atoms with van der Waals surface area (Å²) < 4.78 is 28.2. The van der Waals surface area contributed by atoms with Gasteiger partial charge < -0.3 is 10.2 Å². The van der Waals surface area contributed by atoms with Gasteiger partial charge in [0.15, 0.2) is 0 Å². The van der Waals surface area contributed by atoms with Gasteiger partial charge in [-0.25, -0.2) is 4.72 Å². The van der Waals surface area contributed by atoms with Crippen LogP contribution in [0.2, 0.25) is 0 Å². The molecule has 0 rings (SSSR count). The first-order valence-corrected chi connectivity index (χ1v) is 8.66. The van der Waals surface area contributed by atoms with Gasteiger partial charge in [-0.2, -0.15) is 12.7 Å². The Hall–Kier alpha value is -0.210. The van der Waals surface area contributed by atoms with Gasteiger partial charge in [-0.05, 0) is 53.9 Å². The van der Waals surface area contributed by atoms with Crippen molar-refractivity contribution in [2.24, 2.45) is 0 Å². The van der Waals surface area contributed by atoms with Gasteiger partial charge in [-0.15, -0.1) is 0 Å². The lowest BCUT2D eigenvalue weighted by Gasteiger charge is -2.33. The van der Waals surface area contributed by atoms with E-state index in [4.69, 9.17) is 0 Å². The first kappa shape index (κ1) is 19.8. The highest BCUT2D eigenvalue weighted by atomic mass is 32.2. The molecule has 6 nitrogen and oxygen atoms in total. The molecule has 0 radical (unpaired) electrons. The summed E-state index contributed by atoms with van der Waals surface area (Å²) in [4.78, 5) is 2.00. The van der Waals surface area contributed by atoms with Crippen molar-refractivity contribution in [2.45, 2.75) is 39.2 Å². The van der Waals surface area contributed by atoms with Crippen LogP contribution in [0.4, 0.5) is 0 Å². The van der Waals surface area contributed by atoms with Crippen molar-refractivity contribution >= 4 is 10.2 Å². The zero-order valence-electron chi connectivity index (χ0n) is 13.9. The molecule has 0 aliphatic carbocycles. The van der Waals surface area contributed by atoms with E-state index in [2.05, 4.69) is 17.0 Å². The van der Waals surface area contributed by atoms with Crippen LogP contribution >= 0.6 is 0 Å². The number of nitrogens with one attached hydrogen (secondary N) is 2. The highest BCUT2D eigenvalue weighted by molar-refractivity contribution is 7.87. The summed E-state index contributed by atoms with van der Waals surface area (Å²) in [5.74, 6) is 0. The molecule has 0 aromatic heterocycles. The Labute approximate surface area is 125 Å². The third-order valence-corrected chi connectivity index (χ3v) is 5.07. The summed E-state index contributed by atoms with van der Waals surface area (Å²) in [5, 5.41) is 3.26. The molecule has 0 bridgehead atoms. The predicted molar refractivity (Wildman–Crippen MR) is 85.1 cm³/mol. The molecule has 0 unspecified atom stereocenters. The zero-order chi connectivity index (χ0) is 15.8. The molecular weight excluding hydrogens is 276 g/mol. The Bertz CT molecular complexity index is 355. The zero-order valence-corrected chi connectivity index (χ0v) is 14.7. The minimum absolute atomic E-state index is 0.212. The highest BCUT2D eigenvalue weighted by Crippen LogP contribution is 2.09. The fourth-order valence-electron chi connectivity index (χ4n) is 1.38. The van der Waals surface area contributed by atoms with Crippen LogP contribution < -0.4 is 10.0 Å².